The van der Waals surface area contributed by atoms with Gasteiger partial charge in [-0.1, -0.05) is 30.3 Å². The smallest absolute Gasteiger partial charge is 0.123 e. The number of aliphatic hydroxyl groups is 1. The van der Waals surface area contributed by atoms with Crippen LogP contribution in [0.1, 0.15) is 17.2 Å². The van der Waals surface area contributed by atoms with Crippen molar-refractivity contribution in [2.45, 2.75) is 12.5 Å². The van der Waals surface area contributed by atoms with E-state index in [0.717, 1.165) is 11.3 Å². The number of rotatable bonds is 3. The molecule has 2 atom stereocenters. The van der Waals surface area contributed by atoms with E-state index in [2.05, 4.69) is 0 Å². The van der Waals surface area contributed by atoms with Crippen molar-refractivity contribution in [1.29, 1.82) is 0 Å². The molecular formula is C17H18FNO2. The number of benzene rings is 2. The molecule has 21 heavy (non-hydrogen) atoms. The van der Waals surface area contributed by atoms with Crippen molar-refractivity contribution in [3.63, 3.8) is 0 Å². The molecule has 0 aliphatic carbocycles. The minimum Gasteiger partial charge on any atom is -0.493 e. The second-order valence-corrected chi connectivity index (χ2v) is 5.60. The highest BCUT2D eigenvalue weighted by atomic mass is 19.1. The molecule has 3 N–H and O–H groups in total. The van der Waals surface area contributed by atoms with Gasteiger partial charge in [0.2, 0.25) is 0 Å². The number of nitrogens with two attached hydrogens (primary N) is 1. The van der Waals surface area contributed by atoms with E-state index in [1.165, 1.54) is 12.1 Å². The van der Waals surface area contributed by atoms with E-state index in [1.807, 2.05) is 24.3 Å². The SMILES string of the molecule is NCC1(C(O)c2cccc(F)c2)COc2ccccc2C1. The van der Waals surface area contributed by atoms with E-state index in [-0.39, 0.29) is 12.4 Å². The third-order valence-corrected chi connectivity index (χ3v) is 4.18. The quantitative estimate of drug-likeness (QED) is 0.911. The van der Waals surface area contributed by atoms with Gasteiger partial charge in [-0.15, -0.1) is 0 Å². The number of fused-ring (bicyclic) bond motifs is 1. The number of hydrogen-bond donors (Lipinski definition) is 2. The lowest BCUT2D eigenvalue weighted by Gasteiger charge is -2.40. The number of para-hydroxylation sites is 1. The first-order chi connectivity index (χ1) is 10.1. The van der Waals surface area contributed by atoms with Crippen LogP contribution in [0.2, 0.25) is 0 Å². The van der Waals surface area contributed by atoms with E-state index in [4.69, 9.17) is 10.5 Å². The van der Waals surface area contributed by atoms with Gasteiger partial charge in [-0.3, -0.25) is 0 Å². The van der Waals surface area contributed by atoms with Crippen LogP contribution in [-0.2, 0) is 6.42 Å². The minimum absolute atomic E-state index is 0.263. The van der Waals surface area contributed by atoms with E-state index < -0.39 is 11.5 Å². The van der Waals surface area contributed by atoms with Gasteiger partial charge in [0.1, 0.15) is 11.6 Å². The summed E-state index contributed by atoms with van der Waals surface area (Å²) in [6, 6.07) is 13.7. The highest BCUT2D eigenvalue weighted by Gasteiger charge is 2.42. The maximum Gasteiger partial charge on any atom is 0.123 e. The first kappa shape index (κ1) is 14.0. The Balaban J connectivity index is 1.95. The monoisotopic (exact) mass is 287 g/mol. The molecule has 1 aliphatic heterocycles. The first-order valence-electron chi connectivity index (χ1n) is 6.99. The predicted octanol–water partition coefficient (Wildman–Crippen LogP) is 2.44. The zero-order valence-electron chi connectivity index (χ0n) is 11.6. The standard InChI is InChI=1S/C17H18FNO2/c18-14-6-3-5-12(8-14)16(20)17(10-19)9-13-4-1-2-7-15(13)21-11-17/h1-8,16,20H,9-11,19H2. The van der Waals surface area contributed by atoms with Crippen LogP contribution in [0, 0.1) is 11.2 Å². The van der Waals surface area contributed by atoms with Gasteiger partial charge >= 0.3 is 0 Å². The molecule has 0 aromatic heterocycles. The molecular weight excluding hydrogens is 269 g/mol. The lowest BCUT2D eigenvalue weighted by atomic mass is 9.73. The molecule has 0 saturated heterocycles. The summed E-state index contributed by atoms with van der Waals surface area (Å²) in [6.07, 6.45) is -0.260. The van der Waals surface area contributed by atoms with Crippen LogP contribution in [0.5, 0.6) is 5.75 Å². The fraction of sp³-hybridized carbons (Fsp3) is 0.294. The summed E-state index contributed by atoms with van der Waals surface area (Å²) >= 11 is 0. The topological polar surface area (TPSA) is 55.5 Å². The molecule has 0 fully saturated rings. The zero-order chi connectivity index (χ0) is 14.9. The highest BCUT2D eigenvalue weighted by Crippen LogP contribution is 2.42. The summed E-state index contributed by atoms with van der Waals surface area (Å²) in [7, 11) is 0. The number of hydrogen-bond acceptors (Lipinski definition) is 3. The Labute approximate surface area is 123 Å². The highest BCUT2D eigenvalue weighted by molar-refractivity contribution is 5.37. The van der Waals surface area contributed by atoms with Crippen LogP contribution < -0.4 is 10.5 Å². The summed E-state index contributed by atoms with van der Waals surface area (Å²) in [5, 5.41) is 10.7. The fourth-order valence-corrected chi connectivity index (χ4v) is 2.89. The van der Waals surface area contributed by atoms with Gasteiger partial charge in [0.05, 0.1) is 18.1 Å². The Bertz CT molecular complexity index is 646. The Morgan fingerprint density at radius 3 is 2.81 bits per heavy atom. The summed E-state index contributed by atoms with van der Waals surface area (Å²) in [6.45, 7) is 0.581. The first-order valence-corrected chi connectivity index (χ1v) is 6.99. The Morgan fingerprint density at radius 2 is 2.05 bits per heavy atom. The van der Waals surface area contributed by atoms with E-state index in [0.29, 0.717) is 18.6 Å². The average molecular weight is 287 g/mol. The van der Waals surface area contributed by atoms with Crippen molar-refractivity contribution in [2.75, 3.05) is 13.2 Å². The van der Waals surface area contributed by atoms with Crippen molar-refractivity contribution < 1.29 is 14.2 Å². The van der Waals surface area contributed by atoms with Crippen molar-refractivity contribution in [3.8, 4) is 5.75 Å². The predicted molar refractivity (Wildman–Crippen MR) is 78.5 cm³/mol. The molecule has 110 valence electrons. The Morgan fingerprint density at radius 1 is 1.24 bits per heavy atom. The summed E-state index contributed by atoms with van der Waals surface area (Å²) in [5.74, 6) is 0.462. The van der Waals surface area contributed by atoms with Crippen molar-refractivity contribution >= 4 is 0 Å². The van der Waals surface area contributed by atoms with E-state index in [9.17, 15) is 9.50 Å². The lowest BCUT2D eigenvalue weighted by molar-refractivity contribution is -0.0163. The molecule has 1 heterocycles. The summed E-state index contributed by atoms with van der Waals surface area (Å²) in [5.41, 5.74) is 6.85. The molecule has 0 spiro atoms. The normalized spacial score (nSPS) is 22.2. The number of ether oxygens (including phenoxy) is 1. The van der Waals surface area contributed by atoms with Crippen molar-refractivity contribution in [1.82, 2.24) is 0 Å². The molecule has 2 aromatic rings. The second kappa shape index (κ2) is 5.47. The van der Waals surface area contributed by atoms with Gasteiger partial charge in [0, 0.05) is 6.54 Å². The fourth-order valence-electron chi connectivity index (χ4n) is 2.89. The molecule has 1 aliphatic rings. The van der Waals surface area contributed by atoms with E-state index >= 15 is 0 Å². The molecule has 0 bridgehead atoms. The second-order valence-electron chi connectivity index (χ2n) is 5.60. The van der Waals surface area contributed by atoms with Crippen LogP contribution in [0.15, 0.2) is 48.5 Å². The van der Waals surface area contributed by atoms with Gasteiger partial charge in [-0.05, 0) is 35.7 Å². The number of aliphatic hydroxyl groups excluding tert-OH is 1. The van der Waals surface area contributed by atoms with Crippen LogP contribution >= 0.6 is 0 Å². The Hall–Kier alpha value is -1.91. The van der Waals surface area contributed by atoms with Crippen molar-refractivity contribution in [3.05, 3.63) is 65.5 Å². The molecule has 3 rings (SSSR count). The van der Waals surface area contributed by atoms with Gasteiger partial charge in [-0.25, -0.2) is 4.39 Å². The number of halogens is 1. The largest absolute Gasteiger partial charge is 0.493 e. The Kier molecular flexibility index (Phi) is 3.66. The molecule has 2 aromatic carbocycles. The maximum absolute atomic E-state index is 13.4. The molecule has 0 amide bonds. The summed E-state index contributed by atoms with van der Waals surface area (Å²) in [4.78, 5) is 0. The molecule has 2 unspecified atom stereocenters. The molecule has 0 radical (unpaired) electrons. The van der Waals surface area contributed by atoms with Crippen LogP contribution in [-0.4, -0.2) is 18.3 Å². The average Bonchev–Trinajstić information content (AvgIpc) is 2.53. The van der Waals surface area contributed by atoms with Gasteiger partial charge < -0.3 is 15.6 Å². The van der Waals surface area contributed by atoms with Gasteiger partial charge in [-0.2, -0.15) is 0 Å². The third kappa shape index (κ3) is 2.52. The van der Waals surface area contributed by atoms with Crippen LogP contribution in [0.4, 0.5) is 4.39 Å². The van der Waals surface area contributed by atoms with Crippen LogP contribution in [0.3, 0.4) is 0 Å². The molecule has 3 nitrogen and oxygen atoms in total. The zero-order valence-corrected chi connectivity index (χ0v) is 11.6. The van der Waals surface area contributed by atoms with Gasteiger partial charge in [0.15, 0.2) is 0 Å². The molecule has 0 saturated carbocycles. The summed E-state index contributed by atoms with van der Waals surface area (Å²) < 4.78 is 19.2. The van der Waals surface area contributed by atoms with E-state index in [1.54, 1.807) is 12.1 Å². The maximum atomic E-state index is 13.4. The lowest BCUT2D eigenvalue weighted by Crippen LogP contribution is -2.46. The third-order valence-electron chi connectivity index (χ3n) is 4.18. The van der Waals surface area contributed by atoms with Crippen LogP contribution in [0.25, 0.3) is 0 Å². The minimum atomic E-state index is -0.869. The van der Waals surface area contributed by atoms with Crippen molar-refractivity contribution in [2.24, 2.45) is 11.1 Å². The van der Waals surface area contributed by atoms with Gasteiger partial charge in [0.25, 0.3) is 0 Å². The molecule has 4 heteroatoms.